The zero-order valence-electron chi connectivity index (χ0n) is 17.4. The first-order valence-corrected chi connectivity index (χ1v) is 10.3. The number of aromatic nitrogens is 1. The maximum absolute atomic E-state index is 12.2. The van der Waals surface area contributed by atoms with Gasteiger partial charge in [-0.25, -0.2) is 4.98 Å². The summed E-state index contributed by atoms with van der Waals surface area (Å²) in [7, 11) is 5.61. The van der Waals surface area contributed by atoms with Gasteiger partial charge in [0, 0.05) is 44.9 Å². The number of amides is 2. The second kappa shape index (κ2) is 13.0. The van der Waals surface area contributed by atoms with Gasteiger partial charge >= 0.3 is 0 Å². The quantitative estimate of drug-likeness (QED) is 0.460. The summed E-state index contributed by atoms with van der Waals surface area (Å²) in [6.45, 7) is 4.39. The largest absolute Gasteiger partial charge is 0.382 e. The summed E-state index contributed by atoms with van der Waals surface area (Å²) < 4.78 is 0. The molecule has 2 amide bonds. The Morgan fingerprint density at radius 1 is 1.39 bits per heavy atom. The van der Waals surface area contributed by atoms with E-state index >= 15 is 0 Å². The molecule has 0 aliphatic rings. The molecule has 0 saturated carbocycles. The van der Waals surface area contributed by atoms with E-state index in [0.29, 0.717) is 23.8 Å². The Morgan fingerprint density at radius 2 is 2.14 bits per heavy atom. The maximum atomic E-state index is 12.2. The maximum Gasteiger partial charge on any atom is 0.242 e. The van der Waals surface area contributed by atoms with Crippen molar-refractivity contribution >= 4 is 34.5 Å². The lowest BCUT2D eigenvalue weighted by Gasteiger charge is -2.09. The number of nitrogens with one attached hydrogen (secondary N) is 3. The van der Waals surface area contributed by atoms with Crippen molar-refractivity contribution in [2.24, 2.45) is 4.99 Å². The Balaban J connectivity index is 2.46. The molecule has 0 aliphatic heterocycles. The summed E-state index contributed by atoms with van der Waals surface area (Å²) in [4.78, 5) is 34.7. The number of carbonyl (C=O) groups excluding carboxylic acids is 2. The fraction of sp³-hybridized carbons (Fsp3) is 0.579. The zero-order valence-corrected chi connectivity index (χ0v) is 18.2. The van der Waals surface area contributed by atoms with Crippen LogP contribution in [-0.2, 0) is 16.0 Å². The Bertz CT molecular complexity index is 684. The van der Waals surface area contributed by atoms with Crippen LogP contribution in [0.15, 0.2) is 22.3 Å². The van der Waals surface area contributed by atoms with Crippen LogP contribution in [0.25, 0.3) is 0 Å². The number of hydrogen-bond acceptors (Lipinski definition) is 7. The molecule has 0 bridgehead atoms. The van der Waals surface area contributed by atoms with Gasteiger partial charge in [-0.3, -0.25) is 14.6 Å². The van der Waals surface area contributed by atoms with Crippen molar-refractivity contribution in [3.63, 3.8) is 0 Å². The molecule has 0 radical (unpaired) electrons. The minimum atomic E-state index is -0.306. The van der Waals surface area contributed by atoms with Crippen LogP contribution in [0.2, 0.25) is 0 Å². The van der Waals surface area contributed by atoms with Gasteiger partial charge in [0.05, 0.1) is 23.9 Å². The molecule has 0 fully saturated rings. The lowest BCUT2D eigenvalue weighted by atomic mass is 10.3. The third-order valence-corrected chi connectivity index (χ3v) is 4.54. The predicted molar refractivity (Wildman–Crippen MR) is 116 cm³/mol. The SMILES string of the molecule is CCCC=N/C(=C\N(C)C)CCNC(=O)Cc1csc(NC(=O)[C@H](C)NC)n1. The fourth-order valence-electron chi connectivity index (χ4n) is 2.12. The molecule has 1 aromatic heterocycles. The highest BCUT2D eigenvalue weighted by Crippen LogP contribution is 2.16. The van der Waals surface area contributed by atoms with Crippen LogP contribution in [0.4, 0.5) is 5.13 Å². The van der Waals surface area contributed by atoms with Crippen LogP contribution in [0.3, 0.4) is 0 Å². The molecule has 1 heterocycles. The summed E-state index contributed by atoms with van der Waals surface area (Å²) in [6, 6.07) is -0.306. The molecular weight excluding hydrogens is 376 g/mol. The number of aliphatic imine (C=N–C) groups is 1. The fourth-order valence-corrected chi connectivity index (χ4v) is 2.83. The summed E-state index contributed by atoms with van der Waals surface area (Å²) in [5.41, 5.74) is 1.57. The molecule has 1 aromatic rings. The Hall–Kier alpha value is -2.26. The first kappa shape index (κ1) is 23.8. The van der Waals surface area contributed by atoms with Crippen LogP contribution in [0, 0.1) is 0 Å². The normalized spacial score (nSPS) is 12.8. The number of anilines is 1. The van der Waals surface area contributed by atoms with Crippen LogP contribution in [0.5, 0.6) is 0 Å². The smallest absolute Gasteiger partial charge is 0.242 e. The van der Waals surface area contributed by atoms with Crippen molar-refractivity contribution < 1.29 is 9.59 Å². The summed E-state index contributed by atoms with van der Waals surface area (Å²) >= 11 is 1.31. The minimum Gasteiger partial charge on any atom is -0.382 e. The number of hydrogen-bond donors (Lipinski definition) is 3. The number of thiazole rings is 1. The van der Waals surface area contributed by atoms with Gasteiger partial charge in [0.2, 0.25) is 11.8 Å². The van der Waals surface area contributed by atoms with Crippen molar-refractivity contribution in [2.75, 3.05) is 33.0 Å². The van der Waals surface area contributed by atoms with E-state index < -0.39 is 0 Å². The van der Waals surface area contributed by atoms with Gasteiger partial charge in [-0.2, -0.15) is 0 Å². The number of nitrogens with zero attached hydrogens (tertiary/aromatic N) is 3. The average molecular weight is 409 g/mol. The van der Waals surface area contributed by atoms with E-state index in [9.17, 15) is 9.59 Å². The van der Waals surface area contributed by atoms with E-state index in [2.05, 4.69) is 32.9 Å². The highest BCUT2D eigenvalue weighted by atomic mass is 32.1. The lowest BCUT2D eigenvalue weighted by molar-refractivity contribution is -0.120. The monoisotopic (exact) mass is 408 g/mol. The Morgan fingerprint density at radius 3 is 2.79 bits per heavy atom. The highest BCUT2D eigenvalue weighted by Gasteiger charge is 2.13. The zero-order chi connectivity index (χ0) is 20.9. The third-order valence-electron chi connectivity index (χ3n) is 3.74. The van der Waals surface area contributed by atoms with Crippen LogP contribution < -0.4 is 16.0 Å². The van der Waals surface area contributed by atoms with E-state index in [4.69, 9.17) is 0 Å². The first-order valence-electron chi connectivity index (χ1n) is 9.44. The number of carbonyl (C=O) groups is 2. The summed E-state index contributed by atoms with van der Waals surface area (Å²) in [6.07, 6.45) is 6.70. The molecule has 9 heteroatoms. The average Bonchev–Trinajstić information content (AvgIpc) is 3.07. The molecule has 1 atom stereocenters. The van der Waals surface area contributed by atoms with Gasteiger partial charge in [0.25, 0.3) is 0 Å². The molecule has 0 saturated heterocycles. The molecule has 0 unspecified atom stereocenters. The second-order valence-corrected chi connectivity index (χ2v) is 7.46. The molecular formula is C19H32N6O2S. The standard InChI is InChI=1S/C19H32N6O2S/c1-6-7-9-21-15(12-25(4)5)8-10-22-17(26)11-16-13-28-19(23-16)24-18(27)14(2)20-3/h9,12-14,20H,6-8,10-11H2,1-5H3,(H,22,26)(H,23,24,27)/b15-12-,21-9?/t14-/m0/s1. The second-order valence-electron chi connectivity index (χ2n) is 6.60. The molecule has 28 heavy (non-hydrogen) atoms. The third kappa shape index (κ3) is 9.61. The van der Waals surface area contributed by atoms with E-state index in [1.807, 2.05) is 31.4 Å². The Kier molecular flexibility index (Phi) is 11.0. The van der Waals surface area contributed by atoms with Crippen molar-refractivity contribution in [1.82, 2.24) is 20.5 Å². The van der Waals surface area contributed by atoms with Gasteiger partial charge in [-0.1, -0.05) is 13.3 Å². The molecule has 3 N–H and O–H groups in total. The molecule has 156 valence electrons. The van der Waals surface area contributed by atoms with Crippen molar-refractivity contribution in [2.45, 2.75) is 45.6 Å². The van der Waals surface area contributed by atoms with Crippen LogP contribution >= 0.6 is 11.3 Å². The summed E-state index contributed by atoms with van der Waals surface area (Å²) in [5.74, 6) is -0.259. The topological polar surface area (TPSA) is 98.7 Å². The Labute approximate surface area is 171 Å². The van der Waals surface area contributed by atoms with Gasteiger partial charge in [-0.05, 0) is 20.4 Å². The van der Waals surface area contributed by atoms with E-state index in [0.717, 1.165) is 18.5 Å². The van der Waals surface area contributed by atoms with Crippen LogP contribution in [-0.4, -0.2) is 61.6 Å². The summed E-state index contributed by atoms with van der Waals surface area (Å²) in [5, 5.41) is 10.8. The van der Waals surface area contributed by atoms with Crippen molar-refractivity contribution in [1.29, 1.82) is 0 Å². The van der Waals surface area contributed by atoms with E-state index in [1.165, 1.54) is 11.3 Å². The molecule has 0 aromatic carbocycles. The van der Waals surface area contributed by atoms with Gasteiger partial charge in [0.1, 0.15) is 0 Å². The molecule has 1 rings (SSSR count). The van der Waals surface area contributed by atoms with Crippen molar-refractivity contribution in [3.05, 3.63) is 23.0 Å². The number of rotatable bonds is 12. The van der Waals surface area contributed by atoms with Crippen molar-refractivity contribution in [3.8, 4) is 0 Å². The first-order chi connectivity index (χ1) is 13.3. The number of likely N-dealkylation sites (N-methyl/N-ethyl adjacent to an activating group) is 1. The van der Waals surface area contributed by atoms with E-state index in [-0.39, 0.29) is 24.3 Å². The molecule has 0 aliphatic carbocycles. The minimum absolute atomic E-state index is 0.103. The van der Waals surface area contributed by atoms with Gasteiger partial charge in [-0.15, -0.1) is 11.3 Å². The molecule has 8 nitrogen and oxygen atoms in total. The molecule has 0 spiro atoms. The highest BCUT2D eigenvalue weighted by molar-refractivity contribution is 7.13. The van der Waals surface area contributed by atoms with Gasteiger partial charge < -0.3 is 20.9 Å². The van der Waals surface area contributed by atoms with Crippen LogP contribution in [0.1, 0.15) is 38.8 Å². The lowest BCUT2D eigenvalue weighted by Crippen LogP contribution is -2.35. The van der Waals surface area contributed by atoms with E-state index in [1.54, 1.807) is 19.4 Å². The predicted octanol–water partition coefficient (Wildman–Crippen LogP) is 2.01. The van der Waals surface area contributed by atoms with Gasteiger partial charge in [0.15, 0.2) is 5.13 Å². The number of unbranched alkanes of at least 4 members (excludes halogenated alkanes) is 1.